The summed E-state index contributed by atoms with van der Waals surface area (Å²) in [6.07, 6.45) is 3.66. The quantitative estimate of drug-likeness (QED) is 0.678. The number of aromatic amines is 1. The van der Waals surface area contributed by atoms with E-state index in [2.05, 4.69) is 20.3 Å². The van der Waals surface area contributed by atoms with Gasteiger partial charge in [0, 0.05) is 10.9 Å². The Kier molecular flexibility index (Phi) is 4.65. The molecule has 0 saturated heterocycles. The number of nitrogens with one attached hydrogen (secondary N) is 2. The number of fused-ring (bicyclic) bond motifs is 1. The van der Waals surface area contributed by atoms with Crippen molar-refractivity contribution in [2.45, 2.75) is 31.7 Å². The van der Waals surface area contributed by atoms with E-state index in [-0.39, 0.29) is 29.0 Å². The van der Waals surface area contributed by atoms with Crippen LogP contribution in [0.25, 0.3) is 10.9 Å². The molecule has 0 radical (unpaired) electrons. The minimum atomic E-state index is -0.368. The van der Waals surface area contributed by atoms with Gasteiger partial charge in [0.05, 0.1) is 29.9 Å². The molecule has 2 heterocycles. The van der Waals surface area contributed by atoms with E-state index in [1.165, 1.54) is 13.3 Å². The summed E-state index contributed by atoms with van der Waals surface area (Å²) >= 11 is 6.53. The van der Waals surface area contributed by atoms with Gasteiger partial charge in [-0.15, -0.1) is 0 Å². The van der Waals surface area contributed by atoms with Crippen molar-refractivity contribution in [3.8, 4) is 11.9 Å². The Morgan fingerprint density at radius 3 is 2.89 bits per heavy atom. The van der Waals surface area contributed by atoms with E-state index < -0.39 is 0 Å². The number of benzene rings is 1. The number of ether oxygens (including phenoxy) is 1. The van der Waals surface area contributed by atoms with Gasteiger partial charge in [-0.1, -0.05) is 23.7 Å². The van der Waals surface area contributed by atoms with Crippen molar-refractivity contribution in [2.75, 3.05) is 12.4 Å². The van der Waals surface area contributed by atoms with E-state index in [1.54, 1.807) is 0 Å². The van der Waals surface area contributed by atoms with E-state index in [0.29, 0.717) is 22.0 Å². The highest BCUT2D eigenvalue weighted by atomic mass is 35.5. The molecule has 1 saturated carbocycles. The lowest BCUT2D eigenvalue weighted by Gasteiger charge is -2.15. The fraction of sp³-hybridized carbons (Fsp3) is 0.300. The summed E-state index contributed by atoms with van der Waals surface area (Å²) in [5, 5.41) is 13.6. The van der Waals surface area contributed by atoms with E-state index >= 15 is 0 Å². The molecule has 28 heavy (non-hydrogen) atoms. The van der Waals surface area contributed by atoms with Crippen LogP contribution in [0.5, 0.6) is 5.88 Å². The normalized spacial score (nSPS) is 14.5. The second-order valence-corrected chi connectivity index (χ2v) is 7.23. The number of H-pyrrole nitrogens is 1. The number of halogens is 1. The van der Waals surface area contributed by atoms with Gasteiger partial charge in [0.25, 0.3) is 5.56 Å². The Morgan fingerprint density at radius 1 is 1.43 bits per heavy atom. The van der Waals surface area contributed by atoms with Crippen molar-refractivity contribution in [2.24, 2.45) is 0 Å². The predicted molar refractivity (Wildman–Crippen MR) is 107 cm³/mol. The monoisotopic (exact) mass is 395 g/mol. The van der Waals surface area contributed by atoms with Crippen LogP contribution in [-0.2, 0) is 0 Å². The third kappa shape index (κ3) is 3.27. The molecular weight excluding hydrogens is 378 g/mol. The number of methoxy groups -OCH3 is 1. The Morgan fingerprint density at radius 2 is 2.21 bits per heavy atom. The standard InChI is InChI=1S/C20H18ClN5O2/c1-10(24-20-23-9-13(8-22)19(26-20)28-2)15-7-12-5-6-14(11-3-4-11)16(21)17(12)25-18(15)27/h5-7,9-11H,3-4H2,1-2H3,(H,25,27)(H,23,24,26)/t10-/m0/s1. The Hall–Kier alpha value is -3.11. The topological polar surface area (TPSA) is 104 Å². The van der Waals surface area contributed by atoms with Crippen LogP contribution in [0, 0.1) is 11.3 Å². The SMILES string of the molecule is COc1nc(N[C@@H](C)c2cc3ccc(C4CC4)c(Cl)c3[nH]c2=O)ncc1C#N. The van der Waals surface area contributed by atoms with E-state index in [4.69, 9.17) is 21.6 Å². The number of aromatic nitrogens is 3. The van der Waals surface area contributed by atoms with Crippen molar-refractivity contribution in [3.05, 3.63) is 56.5 Å². The number of rotatable bonds is 5. The number of nitrogens with zero attached hydrogens (tertiary/aromatic N) is 3. The van der Waals surface area contributed by atoms with Gasteiger partial charge >= 0.3 is 0 Å². The average Bonchev–Trinajstić information content (AvgIpc) is 3.53. The summed E-state index contributed by atoms with van der Waals surface area (Å²) in [7, 11) is 1.43. The molecule has 0 aliphatic heterocycles. The van der Waals surface area contributed by atoms with Gasteiger partial charge in [-0.2, -0.15) is 10.2 Å². The van der Waals surface area contributed by atoms with Gasteiger partial charge in [-0.3, -0.25) is 4.79 Å². The molecule has 0 amide bonds. The molecule has 1 aromatic carbocycles. The largest absolute Gasteiger partial charge is 0.480 e. The Balaban J connectivity index is 1.67. The first kappa shape index (κ1) is 18.3. The number of hydrogen-bond donors (Lipinski definition) is 2. The van der Waals surface area contributed by atoms with Crippen molar-refractivity contribution >= 4 is 28.5 Å². The molecule has 4 rings (SSSR count). The second kappa shape index (κ2) is 7.13. The lowest BCUT2D eigenvalue weighted by atomic mass is 10.0. The molecule has 1 atom stereocenters. The van der Waals surface area contributed by atoms with Gasteiger partial charge in [0.1, 0.15) is 11.6 Å². The minimum absolute atomic E-state index is 0.180. The molecule has 3 aromatic rings. The zero-order valence-electron chi connectivity index (χ0n) is 15.4. The summed E-state index contributed by atoms with van der Waals surface area (Å²) in [5.74, 6) is 0.952. The van der Waals surface area contributed by atoms with Crippen molar-refractivity contribution in [3.63, 3.8) is 0 Å². The highest BCUT2D eigenvalue weighted by Crippen LogP contribution is 2.44. The number of hydrogen-bond acceptors (Lipinski definition) is 6. The molecule has 0 unspecified atom stereocenters. The van der Waals surface area contributed by atoms with E-state index in [9.17, 15) is 4.79 Å². The molecular formula is C20H18ClN5O2. The fourth-order valence-corrected chi connectivity index (χ4v) is 3.62. The molecule has 1 aliphatic carbocycles. The van der Waals surface area contributed by atoms with Crippen molar-refractivity contribution in [1.82, 2.24) is 15.0 Å². The maximum Gasteiger partial charge on any atom is 0.253 e. The van der Waals surface area contributed by atoms with Gasteiger partial charge in [0.15, 0.2) is 0 Å². The first-order valence-corrected chi connectivity index (χ1v) is 9.32. The van der Waals surface area contributed by atoms with Crippen LogP contribution in [-0.4, -0.2) is 22.1 Å². The summed E-state index contributed by atoms with van der Waals surface area (Å²) in [6.45, 7) is 1.84. The zero-order chi connectivity index (χ0) is 19.8. The molecule has 1 aliphatic rings. The molecule has 0 spiro atoms. The first-order chi connectivity index (χ1) is 13.5. The summed E-state index contributed by atoms with van der Waals surface area (Å²) in [4.78, 5) is 23.9. The molecule has 8 heteroatoms. The summed E-state index contributed by atoms with van der Waals surface area (Å²) < 4.78 is 5.10. The van der Waals surface area contributed by atoms with Gasteiger partial charge < -0.3 is 15.0 Å². The predicted octanol–water partition coefficient (Wildman–Crippen LogP) is 3.90. The second-order valence-electron chi connectivity index (χ2n) is 6.86. The minimum Gasteiger partial charge on any atom is -0.480 e. The van der Waals surface area contributed by atoms with Crippen LogP contribution in [0.3, 0.4) is 0 Å². The number of nitriles is 1. The van der Waals surface area contributed by atoms with Gasteiger partial charge in [0.2, 0.25) is 11.8 Å². The molecule has 7 nitrogen and oxygen atoms in total. The van der Waals surface area contributed by atoms with Gasteiger partial charge in [-0.05, 0) is 37.3 Å². The number of anilines is 1. The van der Waals surface area contributed by atoms with E-state index in [0.717, 1.165) is 23.8 Å². The summed E-state index contributed by atoms with van der Waals surface area (Å²) in [6, 6.07) is 7.45. The summed E-state index contributed by atoms with van der Waals surface area (Å²) in [5.41, 5.74) is 2.33. The van der Waals surface area contributed by atoms with E-state index in [1.807, 2.05) is 31.2 Å². The van der Waals surface area contributed by atoms with Crippen LogP contribution in [0.2, 0.25) is 5.02 Å². The highest BCUT2D eigenvalue weighted by molar-refractivity contribution is 6.36. The lowest BCUT2D eigenvalue weighted by Crippen LogP contribution is -2.20. The fourth-order valence-electron chi connectivity index (χ4n) is 3.24. The Bertz CT molecular complexity index is 1160. The maximum atomic E-state index is 12.7. The smallest absolute Gasteiger partial charge is 0.253 e. The number of pyridine rings is 1. The highest BCUT2D eigenvalue weighted by Gasteiger charge is 2.27. The maximum absolute atomic E-state index is 12.7. The lowest BCUT2D eigenvalue weighted by molar-refractivity contribution is 0.396. The molecule has 0 bridgehead atoms. The third-order valence-corrected chi connectivity index (χ3v) is 5.32. The Labute approximate surface area is 166 Å². The van der Waals surface area contributed by atoms with Crippen molar-refractivity contribution < 1.29 is 4.74 Å². The van der Waals surface area contributed by atoms with Crippen LogP contribution in [0.4, 0.5) is 5.95 Å². The molecule has 1 fully saturated rings. The molecule has 2 aromatic heterocycles. The zero-order valence-corrected chi connectivity index (χ0v) is 16.2. The average molecular weight is 396 g/mol. The molecule has 2 N–H and O–H groups in total. The first-order valence-electron chi connectivity index (χ1n) is 8.94. The van der Waals surface area contributed by atoms with Crippen LogP contribution < -0.4 is 15.6 Å². The van der Waals surface area contributed by atoms with Gasteiger partial charge in [-0.25, -0.2) is 4.98 Å². The van der Waals surface area contributed by atoms with Crippen molar-refractivity contribution in [1.29, 1.82) is 5.26 Å². The third-order valence-electron chi connectivity index (χ3n) is 4.91. The molecule has 142 valence electrons. The van der Waals surface area contributed by atoms with Crippen LogP contribution in [0.1, 0.15) is 48.4 Å². The van der Waals surface area contributed by atoms with Crippen LogP contribution >= 0.6 is 11.6 Å². The van der Waals surface area contributed by atoms with Crippen LogP contribution in [0.15, 0.2) is 29.2 Å².